The highest BCUT2D eigenvalue weighted by Crippen LogP contribution is 2.10. The van der Waals surface area contributed by atoms with E-state index in [4.69, 9.17) is 5.11 Å². The molecule has 0 fully saturated rings. The monoisotopic (exact) mass is 246 g/mol. The van der Waals surface area contributed by atoms with Crippen molar-refractivity contribution in [2.24, 2.45) is 0 Å². The first-order chi connectivity index (χ1) is 7.36. The summed E-state index contributed by atoms with van der Waals surface area (Å²) < 4.78 is 35.0. The lowest BCUT2D eigenvalue weighted by molar-refractivity contribution is 0.0962. The maximum absolute atomic E-state index is 12.6. The van der Waals surface area contributed by atoms with Crippen LogP contribution in [0.5, 0.6) is 0 Å². The highest BCUT2D eigenvalue weighted by Gasteiger charge is 2.28. The number of hydrogen-bond donors (Lipinski definition) is 1. The van der Waals surface area contributed by atoms with Gasteiger partial charge in [-0.1, -0.05) is 0 Å². The van der Waals surface area contributed by atoms with E-state index in [9.17, 15) is 17.6 Å². The van der Waals surface area contributed by atoms with Gasteiger partial charge in [0.1, 0.15) is 11.1 Å². The summed E-state index contributed by atoms with van der Waals surface area (Å²) in [6.07, 6.45) is 0.870. The summed E-state index contributed by atoms with van der Waals surface area (Å²) in [6.45, 7) is -0.783. The molecule has 0 heterocycles. The van der Waals surface area contributed by atoms with Crippen molar-refractivity contribution in [1.29, 1.82) is 0 Å². The summed E-state index contributed by atoms with van der Waals surface area (Å²) in [6, 6.07) is 4.49. The molecule has 1 aromatic carbocycles. The Hall–Kier alpha value is -1.27. The van der Waals surface area contributed by atoms with Gasteiger partial charge in [0.05, 0.1) is 6.61 Å². The van der Waals surface area contributed by atoms with Crippen LogP contribution in [0.25, 0.3) is 0 Å². The molecule has 4 nitrogen and oxygen atoms in total. The summed E-state index contributed by atoms with van der Waals surface area (Å²) in [5.41, 5.74) is 0.0610. The number of rotatable bonds is 4. The quantitative estimate of drug-likeness (QED) is 0.781. The minimum atomic E-state index is -3.67. The van der Waals surface area contributed by atoms with Gasteiger partial charge >= 0.3 is 0 Å². The Bertz CT molecular complexity index is 478. The first-order valence-corrected chi connectivity index (χ1v) is 6.41. The maximum Gasteiger partial charge on any atom is 0.183 e. The van der Waals surface area contributed by atoms with Gasteiger partial charge in [-0.15, -0.1) is 0 Å². The fourth-order valence-electron chi connectivity index (χ4n) is 1.21. The first-order valence-electron chi connectivity index (χ1n) is 4.45. The van der Waals surface area contributed by atoms with Crippen LogP contribution in [0.1, 0.15) is 10.4 Å². The first kappa shape index (κ1) is 12.8. The normalized spacial score (nSPS) is 13.4. The minimum absolute atomic E-state index is 0.0610. The highest BCUT2D eigenvalue weighted by atomic mass is 32.2. The zero-order valence-electron chi connectivity index (χ0n) is 8.55. The highest BCUT2D eigenvalue weighted by molar-refractivity contribution is 7.92. The molecule has 0 unspecified atom stereocenters. The number of ketones is 1. The molecular weight excluding hydrogens is 235 g/mol. The molecule has 0 saturated heterocycles. The number of Topliss-reactive ketones (excluding diaryl/α,β-unsaturated/α-hetero) is 1. The van der Waals surface area contributed by atoms with Gasteiger partial charge in [0.15, 0.2) is 15.6 Å². The molecule has 1 atom stereocenters. The Morgan fingerprint density at radius 3 is 2.25 bits per heavy atom. The van der Waals surface area contributed by atoms with Crippen LogP contribution in [0, 0.1) is 5.82 Å². The Morgan fingerprint density at radius 1 is 1.38 bits per heavy atom. The van der Waals surface area contributed by atoms with E-state index >= 15 is 0 Å². The molecule has 0 radical (unpaired) electrons. The van der Waals surface area contributed by atoms with Gasteiger partial charge in [-0.05, 0) is 24.3 Å². The fourth-order valence-corrected chi connectivity index (χ4v) is 2.01. The van der Waals surface area contributed by atoms with Gasteiger partial charge in [0.25, 0.3) is 0 Å². The lowest BCUT2D eigenvalue weighted by atomic mass is 10.1. The van der Waals surface area contributed by atoms with Gasteiger partial charge in [0.2, 0.25) is 0 Å². The average molecular weight is 246 g/mol. The second-order valence-corrected chi connectivity index (χ2v) is 5.60. The van der Waals surface area contributed by atoms with Crippen molar-refractivity contribution >= 4 is 15.6 Å². The number of carbonyl (C=O) groups is 1. The van der Waals surface area contributed by atoms with Crippen LogP contribution < -0.4 is 0 Å². The smallest absolute Gasteiger partial charge is 0.183 e. The molecular formula is C10H11FO4S. The molecule has 1 rings (SSSR count). The number of sulfone groups is 1. The summed E-state index contributed by atoms with van der Waals surface area (Å²) in [5.74, 6) is -1.25. The van der Waals surface area contributed by atoms with Gasteiger partial charge in [-0.25, -0.2) is 12.8 Å². The van der Waals surface area contributed by atoms with Crippen molar-refractivity contribution in [2.45, 2.75) is 5.25 Å². The summed E-state index contributed by atoms with van der Waals surface area (Å²) in [4.78, 5) is 11.7. The largest absolute Gasteiger partial charge is 0.395 e. The van der Waals surface area contributed by atoms with Crippen LogP contribution in [-0.2, 0) is 9.84 Å². The molecule has 0 amide bonds. The number of halogens is 1. The van der Waals surface area contributed by atoms with Crippen molar-refractivity contribution in [3.05, 3.63) is 35.6 Å². The van der Waals surface area contributed by atoms with Crippen molar-refractivity contribution in [3.8, 4) is 0 Å². The van der Waals surface area contributed by atoms with E-state index in [1.807, 2.05) is 0 Å². The molecule has 0 spiro atoms. The third kappa shape index (κ3) is 2.86. The van der Waals surface area contributed by atoms with Crippen molar-refractivity contribution in [1.82, 2.24) is 0 Å². The molecule has 6 heteroatoms. The molecule has 0 aliphatic carbocycles. The molecule has 0 aromatic heterocycles. The van der Waals surface area contributed by atoms with Crippen LogP contribution in [0.4, 0.5) is 4.39 Å². The van der Waals surface area contributed by atoms with E-state index < -0.39 is 33.3 Å². The SMILES string of the molecule is CS(=O)(=O)[C@@H](CO)C(=O)c1ccc(F)cc1. The molecule has 0 aliphatic heterocycles. The van der Waals surface area contributed by atoms with E-state index in [1.165, 1.54) is 12.1 Å². The fraction of sp³-hybridized carbons (Fsp3) is 0.300. The Labute approximate surface area is 92.6 Å². The van der Waals surface area contributed by atoms with Gasteiger partial charge in [-0.3, -0.25) is 4.79 Å². The third-order valence-electron chi connectivity index (χ3n) is 2.10. The predicted octanol–water partition coefficient (Wildman–Crippen LogP) is 0.414. The van der Waals surface area contributed by atoms with E-state index in [-0.39, 0.29) is 5.56 Å². The molecule has 0 aliphatic rings. The topological polar surface area (TPSA) is 71.4 Å². The van der Waals surface area contributed by atoms with Crippen molar-refractivity contribution in [2.75, 3.05) is 12.9 Å². The van der Waals surface area contributed by atoms with E-state index in [2.05, 4.69) is 0 Å². The van der Waals surface area contributed by atoms with Crippen LogP contribution in [0.15, 0.2) is 24.3 Å². The maximum atomic E-state index is 12.6. The second-order valence-electron chi connectivity index (χ2n) is 3.37. The summed E-state index contributed by atoms with van der Waals surface area (Å²) in [7, 11) is -3.67. The molecule has 0 saturated carbocycles. The number of benzene rings is 1. The van der Waals surface area contributed by atoms with Gasteiger partial charge in [0, 0.05) is 11.8 Å². The molecule has 0 bridgehead atoms. The number of carbonyl (C=O) groups excluding carboxylic acids is 1. The van der Waals surface area contributed by atoms with Crippen LogP contribution in [0.3, 0.4) is 0 Å². The zero-order chi connectivity index (χ0) is 12.3. The van der Waals surface area contributed by atoms with Crippen molar-refractivity contribution < 1.29 is 22.7 Å². The Morgan fingerprint density at radius 2 is 1.88 bits per heavy atom. The van der Waals surface area contributed by atoms with Crippen LogP contribution >= 0.6 is 0 Å². The van der Waals surface area contributed by atoms with E-state index in [0.29, 0.717) is 0 Å². The number of aliphatic hydroxyl groups is 1. The second kappa shape index (κ2) is 4.71. The number of hydrogen-bond acceptors (Lipinski definition) is 4. The molecule has 16 heavy (non-hydrogen) atoms. The summed E-state index contributed by atoms with van der Waals surface area (Å²) in [5, 5.41) is 7.39. The Balaban J connectivity index is 3.06. The third-order valence-corrected chi connectivity index (χ3v) is 3.50. The van der Waals surface area contributed by atoms with Gasteiger partial charge in [-0.2, -0.15) is 0 Å². The van der Waals surface area contributed by atoms with Crippen LogP contribution in [-0.4, -0.2) is 37.4 Å². The number of aliphatic hydroxyl groups excluding tert-OH is 1. The van der Waals surface area contributed by atoms with Crippen LogP contribution in [0.2, 0.25) is 0 Å². The molecule has 1 aromatic rings. The Kier molecular flexibility index (Phi) is 3.77. The molecule has 88 valence electrons. The van der Waals surface area contributed by atoms with Crippen molar-refractivity contribution in [3.63, 3.8) is 0 Å². The minimum Gasteiger partial charge on any atom is -0.395 e. The van der Waals surface area contributed by atoms with E-state index in [1.54, 1.807) is 0 Å². The lowest BCUT2D eigenvalue weighted by Gasteiger charge is -2.10. The predicted molar refractivity (Wildman–Crippen MR) is 56.4 cm³/mol. The average Bonchev–Trinajstić information content (AvgIpc) is 2.17. The van der Waals surface area contributed by atoms with Gasteiger partial charge < -0.3 is 5.11 Å². The summed E-state index contributed by atoms with van der Waals surface area (Å²) >= 11 is 0. The van der Waals surface area contributed by atoms with E-state index in [0.717, 1.165) is 18.4 Å². The lowest BCUT2D eigenvalue weighted by Crippen LogP contribution is -2.33. The standard InChI is InChI=1S/C10H11FO4S/c1-16(14,15)9(6-12)10(13)7-2-4-8(11)5-3-7/h2-5,9,12H,6H2,1H3/t9-/m0/s1. The molecule has 1 N–H and O–H groups in total. The zero-order valence-corrected chi connectivity index (χ0v) is 9.37.